The number of aromatic nitrogens is 1. The lowest BCUT2D eigenvalue weighted by Crippen LogP contribution is -2.44. The Kier molecular flexibility index (Phi) is 4.93. The summed E-state index contributed by atoms with van der Waals surface area (Å²) in [6.45, 7) is 5.61. The number of likely N-dealkylation sites (N-methyl/N-ethyl adjacent to an activating group) is 1. The predicted molar refractivity (Wildman–Crippen MR) is 104 cm³/mol. The van der Waals surface area contributed by atoms with Crippen LogP contribution in [0.15, 0.2) is 36.5 Å². The highest BCUT2D eigenvalue weighted by Crippen LogP contribution is 2.42. The quantitative estimate of drug-likeness (QED) is 0.873. The van der Waals surface area contributed by atoms with E-state index in [9.17, 15) is 0 Å². The monoisotopic (exact) mass is 356 g/mol. The van der Waals surface area contributed by atoms with E-state index in [-0.39, 0.29) is 0 Å². The van der Waals surface area contributed by atoms with Crippen molar-refractivity contribution < 1.29 is 0 Å². The molecular weight excluding hydrogens is 332 g/mol. The molecule has 2 aliphatic rings. The molecular formula is C20H25ClN4. The molecule has 0 atom stereocenters. The number of benzene rings is 1. The maximum absolute atomic E-state index is 6.08. The van der Waals surface area contributed by atoms with Gasteiger partial charge in [-0.05, 0) is 61.2 Å². The fourth-order valence-corrected chi connectivity index (χ4v) is 3.63. The summed E-state index contributed by atoms with van der Waals surface area (Å²) >= 11 is 6.08. The summed E-state index contributed by atoms with van der Waals surface area (Å²) in [5, 5.41) is 4.12. The maximum atomic E-state index is 6.08. The molecule has 0 unspecified atom stereocenters. The molecule has 0 amide bonds. The highest BCUT2D eigenvalue weighted by Gasteiger charge is 2.27. The van der Waals surface area contributed by atoms with Gasteiger partial charge in [0.05, 0.1) is 0 Å². The van der Waals surface area contributed by atoms with Crippen LogP contribution in [0.4, 0.5) is 11.5 Å². The molecule has 2 fully saturated rings. The predicted octanol–water partition coefficient (Wildman–Crippen LogP) is 4.10. The average Bonchev–Trinajstić information content (AvgIpc) is 3.43. The van der Waals surface area contributed by atoms with Gasteiger partial charge < -0.3 is 10.2 Å². The molecule has 1 N–H and O–H groups in total. The van der Waals surface area contributed by atoms with Gasteiger partial charge in [-0.2, -0.15) is 0 Å². The van der Waals surface area contributed by atoms with Gasteiger partial charge in [-0.1, -0.05) is 17.7 Å². The summed E-state index contributed by atoms with van der Waals surface area (Å²) < 4.78 is 0. The van der Waals surface area contributed by atoms with Crippen LogP contribution in [0.5, 0.6) is 0 Å². The number of anilines is 2. The number of piperazine rings is 1. The Morgan fingerprint density at radius 3 is 2.68 bits per heavy atom. The van der Waals surface area contributed by atoms with Gasteiger partial charge >= 0.3 is 0 Å². The number of hydrogen-bond acceptors (Lipinski definition) is 4. The molecule has 4 nitrogen and oxygen atoms in total. The number of hydrogen-bond donors (Lipinski definition) is 1. The van der Waals surface area contributed by atoms with E-state index in [4.69, 9.17) is 11.6 Å². The van der Waals surface area contributed by atoms with Crippen molar-refractivity contribution in [3.63, 3.8) is 0 Å². The van der Waals surface area contributed by atoms with Crippen molar-refractivity contribution in [3.05, 3.63) is 52.7 Å². The van der Waals surface area contributed by atoms with E-state index in [2.05, 4.69) is 39.4 Å². The SMILES string of the molecule is CN1CCN(Cc2cnc(Nc3cccc(Cl)c3)cc2C2CC2)CC1. The van der Waals surface area contributed by atoms with E-state index < -0.39 is 0 Å². The van der Waals surface area contributed by atoms with E-state index in [1.165, 1.54) is 24.0 Å². The molecule has 1 saturated heterocycles. The summed E-state index contributed by atoms with van der Waals surface area (Å²) in [5.41, 5.74) is 3.84. The molecule has 4 rings (SSSR count). The van der Waals surface area contributed by atoms with E-state index in [0.29, 0.717) is 5.92 Å². The Hall–Kier alpha value is -1.62. The van der Waals surface area contributed by atoms with Crippen LogP contribution < -0.4 is 5.32 Å². The zero-order valence-corrected chi connectivity index (χ0v) is 15.5. The van der Waals surface area contributed by atoms with Crippen molar-refractivity contribution in [2.24, 2.45) is 0 Å². The van der Waals surface area contributed by atoms with Crippen LogP contribution in [0.1, 0.15) is 29.9 Å². The highest BCUT2D eigenvalue weighted by molar-refractivity contribution is 6.30. The Bertz CT molecular complexity index is 736. The van der Waals surface area contributed by atoms with Gasteiger partial charge in [0, 0.05) is 49.6 Å². The summed E-state index contributed by atoms with van der Waals surface area (Å²) in [6, 6.07) is 10.0. The molecule has 0 bridgehead atoms. The summed E-state index contributed by atoms with van der Waals surface area (Å²) in [7, 11) is 2.20. The molecule has 1 aromatic carbocycles. The molecule has 0 radical (unpaired) electrons. The zero-order valence-electron chi connectivity index (χ0n) is 14.7. The van der Waals surface area contributed by atoms with Crippen LogP contribution in [-0.4, -0.2) is 48.0 Å². The van der Waals surface area contributed by atoms with Crippen LogP contribution in [0.2, 0.25) is 5.02 Å². The minimum atomic E-state index is 0.713. The van der Waals surface area contributed by atoms with E-state index in [0.717, 1.165) is 49.3 Å². The van der Waals surface area contributed by atoms with Crippen LogP contribution >= 0.6 is 11.6 Å². The molecule has 25 heavy (non-hydrogen) atoms. The summed E-state index contributed by atoms with van der Waals surface area (Å²) in [6.07, 6.45) is 4.67. The number of nitrogens with one attached hydrogen (secondary N) is 1. The van der Waals surface area contributed by atoms with E-state index >= 15 is 0 Å². The second-order valence-corrected chi connectivity index (χ2v) is 7.69. The zero-order chi connectivity index (χ0) is 17.2. The first-order valence-electron chi connectivity index (χ1n) is 9.10. The number of pyridine rings is 1. The van der Waals surface area contributed by atoms with Crippen molar-refractivity contribution in [1.29, 1.82) is 0 Å². The van der Waals surface area contributed by atoms with Crippen LogP contribution in [0.25, 0.3) is 0 Å². The van der Waals surface area contributed by atoms with Gasteiger partial charge in [0.1, 0.15) is 5.82 Å². The summed E-state index contributed by atoms with van der Waals surface area (Å²) in [5.74, 6) is 1.62. The molecule has 5 heteroatoms. The van der Waals surface area contributed by atoms with Gasteiger partial charge in [-0.25, -0.2) is 4.98 Å². The maximum Gasteiger partial charge on any atom is 0.130 e. The molecule has 132 valence electrons. The van der Waals surface area contributed by atoms with Crippen molar-refractivity contribution in [2.45, 2.75) is 25.3 Å². The third kappa shape index (κ3) is 4.32. The molecule has 1 aromatic heterocycles. The van der Waals surface area contributed by atoms with Gasteiger partial charge in [0.25, 0.3) is 0 Å². The largest absolute Gasteiger partial charge is 0.340 e. The fourth-order valence-electron chi connectivity index (χ4n) is 3.44. The first-order chi connectivity index (χ1) is 12.2. The van der Waals surface area contributed by atoms with Crippen molar-refractivity contribution in [1.82, 2.24) is 14.8 Å². The third-order valence-corrected chi connectivity index (χ3v) is 5.36. The van der Waals surface area contributed by atoms with Gasteiger partial charge in [-0.15, -0.1) is 0 Å². The fraction of sp³-hybridized carbons (Fsp3) is 0.450. The normalized spacial score (nSPS) is 19.1. The van der Waals surface area contributed by atoms with Gasteiger partial charge in [-0.3, -0.25) is 4.90 Å². The number of rotatable bonds is 5. The molecule has 2 heterocycles. The molecule has 1 aliphatic carbocycles. The first kappa shape index (κ1) is 16.8. The van der Waals surface area contributed by atoms with E-state index in [1.807, 2.05) is 24.3 Å². The minimum absolute atomic E-state index is 0.713. The second kappa shape index (κ2) is 7.32. The lowest BCUT2D eigenvalue weighted by atomic mass is 10.0. The topological polar surface area (TPSA) is 31.4 Å². The van der Waals surface area contributed by atoms with Crippen LogP contribution in [0, 0.1) is 0 Å². The Balaban J connectivity index is 1.50. The third-order valence-electron chi connectivity index (χ3n) is 5.13. The molecule has 1 saturated carbocycles. The van der Waals surface area contributed by atoms with E-state index in [1.54, 1.807) is 0 Å². The molecule has 1 aliphatic heterocycles. The average molecular weight is 357 g/mol. The second-order valence-electron chi connectivity index (χ2n) is 7.26. The Labute approximate surface area is 154 Å². The highest BCUT2D eigenvalue weighted by atomic mass is 35.5. The Morgan fingerprint density at radius 1 is 1.16 bits per heavy atom. The van der Waals surface area contributed by atoms with Gasteiger partial charge in [0.15, 0.2) is 0 Å². The molecule has 0 spiro atoms. The minimum Gasteiger partial charge on any atom is -0.340 e. The lowest BCUT2D eigenvalue weighted by molar-refractivity contribution is 0.148. The number of nitrogens with zero attached hydrogens (tertiary/aromatic N) is 3. The summed E-state index contributed by atoms with van der Waals surface area (Å²) in [4.78, 5) is 9.61. The standard InChI is InChI=1S/C20H25ClN4/c1-24-7-9-25(10-8-24)14-16-13-22-20(12-19(16)15-5-6-15)23-18-4-2-3-17(21)11-18/h2-4,11-13,15H,5-10,14H2,1H3,(H,22,23). The molecule has 2 aromatic rings. The lowest BCUT2D eigenvalue weighted by Gasteiger charge is -2.32. The van der Waals surface area contributed by atoms with Crippen LogP contribution in [-0.2, 0) is 6.54 Å². The smallest absolute Gasteiger partial charge is 0.130 e. The van der Waals surface area contributed by atoms with Crippen LogP contribution in [0.3, 0.4) is 0 Å². The van der Waals surface area contributed by atoms with Crippen molar-refractivity contribution in [3.8, 4) is 0 Å². The number of halogens is 1. The van der Waals surface area contributed by atoms with Crippen molar-refractivity contribution >= 4 is 23.1 Å². The van der Waals surface area contributed by atoms with Gasteiger partial charge in [0.2, 0.25) is 0 Å². The van der Waals surface area contributed by atoms with Crippen molar-refractivity contribution in [2.75, 3.05) is 38.5 Å². The Morgan fingerprint density at radius 2 is 1.96 bits per heavy atom. The first-order valence-corrected chi connectivity index (χ1v) is 9.47.